The van der Waals surface area contributed by atoms with Crippen LogP contribution in [0.2, 0.25) is 0 Å². The lowest BCUT2D eigenvalue weighted by molar-refractivity contribution is -0.131. The number of rotatable bonds is 1. The second-order valence-corrected chi connectivity index (χ2v) is 6.33. The zero-order valence-corrected chi connectivity index (χ0v) is 13.6. The predicted molar refractivity (Wildman–Crippen MR) is 93.2 cm³/mol. The summed E-state index contributed by atoms with van der Waals surface area (Å²) >= 11 is 0. The number of carbonyl (C=O) groups is 1. The minimum absolute atomic E-state index is 0.0165. The van der Waals surface area contributed by atoms with E-state index in [1.165, 1.54) is 17.0 Å². The topological polar surface area (TPSA) is 36.1 Å². The normalized spacial score (nSPS) is 20.4. The summed E-state index contributed by atoms with van der Waals surface area (Å²) in [6.45, 7) is 2.24. The molecule has 1 aromatic heterocycles. The van der Waals surface area contributed by atoms with Crippen LogP contribution >= 0.6 is 0 Å². The number of para-hydroxylation sites is 1. The SMILES string of the molecule is CC(=O)N1CCc2c([nH]c3ccccc23)C1C1=CC(F)=CC=CC1. The summed E-state index contributed by atoms with van der Waals surface area (Å²) in [6.07, 6.45) is 8.14. The fourth-order valence-corrected chi connectivity index (χ4v) is 3.80. The standard InChI is InChI=1S/C20H19FN2O/c1-13(24)23-11-10-17-16-8-4-5-9-18(16)22-19(17)20(23)14-6-2-3-7-15(21)12-14/h2-5,7-9,12,20,22H,6,10-11H2,1H3. The molecule has 3 nitrogen and oxygen atoms in total. The van der Waals surface area contributed by atoms with Crippen LogP contribution in [0.3, 0.4) is 0 Å². The molecule has 1 aliphatic carbocycles. The maximum Gasteiger partial charge on any atom is 0.220 e. The quantitative estimate of drug-likeness (QED) is 0.832. The van der Waals surface area contributed by atoms with E-state index in [1.807, 2.05) is 29.2 Å². The van der Waals surface area contributed by atoms with E-state index >= 15 is 0 Å². The monoisotopic (exact) mass is 322 g/mol. The Morgan fingerprint density at radius 2 is 2.17 bits per heavy atom. The van der Waals surface area contributed by atoms with E-state index in [1.54, 1.807) is 19.1 Å². The smallest absolute Gasteiger partial charge is 0.220 e. The molecule has 1 aliphatic heterocycles. The minimum atomic E-state index is -0.273. The molecule has 0 spiro atoms. The molecule has 4 rings (SSSR count). The molecule has 0 saturated carbocycles. The van der Waals surface area contributed by atoms with Gasteiger partial charge in [0.25, 0.3) is 0 Å². The van der Waals surface area contributed by atoms with E-state index in [-0.39, 0.29) is 17.8 Å². The second-order valence-electron chi connectivity index (χ2n) is 6.33. The van der Waals surface area contributed by atoms with Gasteiger partial charge < -0.3 is 9.88 Å². The molecular formula is C20H19FN2O. The molecule has 2 aliphatic rings. The fourth-order valence-electron chi connectivity index (χ4n) is 3.80. The van der Waals surface area contributed by atoms with Gasteiger partial charge in [0.15, 0.2) is 0 Å². The molecule has 0 saturated heterocycles. The second kappa shape index (κ2) is 5.78. The molecule has 0 radical (unpaired) electrons. The molecule has 1 N–H and O–H groups in total. The molecule has 2 heterocycles. The van der Waals surface area contributed by atoms with Gasteiger partial charge in [-0.2, -0.15) is 0 Å². The van der Waals surface area contributed by atoms with Gasteiger partial charge in [-0.1, -0.05) is 30.4 Å². The summed E-state index contributed by atoms with van der Waals surface area (Å²) in [5.74, 6) is -0.256. The minimum Gasteiger partial charge on any atom is -0.356 e. The molecular weight excluding hydrogens is 303 g/mol. The van der Waals surface area contributed by atoms with Crippen LogP contribution in [0, 0.1) is 0 Å². The molecule has 0 bridgehead atoms. The van der Waals surface area contributed by atoms with Crippen LogP contribution < -0.4 is 0 Å². The first-order valence-electron chi connectivity index (χ1n) is 8.24. The van der Waals surface area contributed by atoms with Crippen molar-refractivity contribution in [3.05, 3.63) is 71.2 Å². The maximum absolute atomic E-state index is 14.0. The first kappa shape index (κ1) is 14.9. The molecule has 122 valence electrons. The number of fused-ring (bicyclic) bond motifs is 3. The van der Waals surface area contributed by atoms with Crippen molar-refractivity contribution in [2.75, 3.05) is 6.54 Å². The zero-order chi connectivity index (χ0) is 16.7. The number of allylic oxidation sites excluding steroid dienone is 5. The zero-order valence-electron chi connectivity index (χ0n) is 13.6. The summed E-state index contributed by atoms with van der Waals surface area (Å²) in [4.78, 5) is 17.5. The van der Waals surface area contributed by atoms with Crippen LogP contribution in [-0.2, 0) is 11.2 Å². The van der Waals surface area contributed by atoms with Crippen molar-refractivity contribution in [3.8, 4) is 0 Å². The third kappa shape index (κ3) is 2.39. The lowest BCUT2D eigenvalue weighted by Crippen LogP contribution is -2.39. The third-order valence-electron chi connectivity index (χ3n) is 4.86. The van der Waals surface area contributed by atoms with Gasteiger partial charge in [0.2, 0.25) is 5.91 Å². The number of H-pyrrole nitrogens is 1. The number of amides is 1. The van der Waals surface area contributed by atoms with E-state index in [4.69, 9.17) is 0 Å². The largest absolute Gasteiger partial charge is 0.356 e. The first-order valence-corrected chi connectivity index (χ1v) is 8.24. The predicted octanol–water partition coefficient (Wildman–Crippen LogP) is 4.35. The van der Waals surface area contributed by atoms with Crippen molar-refractivity contribution in [2.45, 2.75) is 25.8 Å². The van der Waals surface area contributed by atoms with Gasteiger partial charge in [-0.15, -0.1) is 0 Å². The molecule has 0 fully saturated rings. The van der Waals surface area contributed by atoms with Gasteiger partial charge in [0, 0.05) is 30.1 Å². The van der Waals surface area contributed by atoms with Crippen molar-refractivity contribution in [2.24, 2.45) is 0 Å². The molecule has 1 atom stereocenters. The highest BCUT2D eigenvalue weighted by Crippen LogP contribution is 2.40. The number of hydrogen-bond donors (Lipinski definition) is 1. The number of halogens is 1. The Morgan fingerprint density at radius 1 is 1.33 bits per heavy atom. The number of aromatic nitrogens is 1. The first-order chi connectivity index (χ1) is 11.6. The van der Waals surface area contributed by atoms with E-state index in [9.17, 15) is 9.18 Å². The molecule has 1 amide bonds. The highest BCUT2D eigenvalue weighted by Gasteiger charge is 2.34. The van der Waals surface area contributed by atoms with Crippen molar-refractivity contribution >= 4 is 16.8 Å². The Bertz CT molecular complexity index is 903. The number of benzene rings is 1. The number of aromatic amines is 1. The van der Waals surface area contributed by atoms with E-state index in [2.05, 4.69) is 11.1 Å². The molecule has 1 aromatic carbocycles. The van der Waals surface area contributed by atoms with Gasteiger partial charge >= 0.3 is 0 Å². The number of carbonyl (C=O) groups excluding carboxylic acids is 1. The Labute approximate surface area is 140 Å². The summed E-state index contributed by atoms with van der Waals surface area (Å²) < 4.78 is 14.0. The van der Waals surface area contributed by atoms with Gasteiger partial charge in [-0.05, 0) is 42.2 Å². The van der Waals surface area contributed by atoms with Crippen LogP contribution in [-0.4, -0.2) is 22.3 Å². The summed E-state index contributed by atoms with van der Waals surface area (Å²) in [5.41, 5.74) is 4.23. The maximum atomic E-state index is 14.0. The molecule has 4 heteroatoms. The fraction of sp³-hybridized carbons (Fsp3) is 0.250. The summed E-state index contributed by atoms with van der Waals surface area (Å²) in [5, 5.41) is 1.20. The lowest BCUT2D eigenvalue weighted by atomic mass is 9.90. The van der Waals surface area contributed by atoms with Gasteiger partial charge in [0.05, 0.1) is 6.04 Å². The van der Waals surface area contributed by atoms with Crippen LogP contribution in [0.25, 0.3) is 10.9 Å². The van der Waals surface area contributed by atoms with Crippen molar-refractivity contribution < 1.29 is 9.18 Å². The third-order valence-corrected chi connectivity index (χ3v) is 4.86. The van der Waals surface area contributed by atoms with Gasteiger partial charge in [0.1, 0.15) is 5.83 Å². The van der Waals surface area contributed by atoms with Crippen molar-refractivity contribution in [3.63, 3.8) is 0 Å². The van der Waals surface area contributed by atoms with E-state index in [0.717, 1.165) is 23.2 Å². The van der Waals surface area contributed by atoms with Crippen LogP contribution in [0.1, 0.15) is 30.6 Å². The average Bonchev–Trinajstić information content (AvgIpc) is 2.81. The Kier molecular flexibility index (Phi) is 3.60. The average molecular weight is 322 g/mol. The number of hydrogen-bond acceptors (Lipinski definition) is 1. The Hall–Kier alpha value is -2.62. The Balaban J connectivity index is 1.90. The van der Waals surface area contributed by atoms with Crippen molar-refractivity contribution in [1.29, 1.82) is 0 Å². The number of nitrogens with zero attached hydrogens (tertiary/aromatic N) is 1. The van der Waals surface area contributed by atoms with E-state index in [0.29, 0.717) is 13.0 Å². The number of nitrogens with one attached hydrogen (secondary N) is 1. The van der Waals surface area contributed by atoms with Crippen LogP contribution in [0.5, 0.6) is 0 Å². The lowest BCUT2D eigenvalue weighted by Gasteiger charge is -2.36. The van der Waals surface area contributed by atoms with Gasteiger partial charge in [-0.25, -0.2) is 4.39 Å². The molecule has 24 heavy (non-hydrogen) atoms. The molecule has 1 unspecified atom stereocenters. The summed E-state index contributed by atoms with van der Waals surface area (Å²) in [6, 6.07) is 7.94. The van der Waals surface area contributed by atoms with Gasteiger partial charge in [-0.3, -0.25) is 4.79 Å². The van der Waals surface area contributed by atoms with Crippen LogP contribution in [0.15, 0.2) is 60.0 Å². The van der Waals surface area contributed by atoms with Crippen molar-refractivity contribution in [1.82, 2.24) is 9.88 Å². The van der Waals surface area contributed by atoms with Crippen LogP contribution in [0.4, 0.5) is 4.39 Å². The van der Waals surface area contributed by atoms with E-state index < -0.39 is 0 Å². The summed E-state index contributed by atoms with van der Waals surface area (Å²) in [7, 11) is 0. The molecule has 2 aromatic rings. The highest BCUT2D eigenvalue weighted by molar-refractivity contribution is 5.86. The highest BCUT2D eigenvalue weighted by atomic mass is 19.1. The Morgan fingerprint density at radius 3 is 3.00 bits per heavy atom.